The second-order valence-electron chi connectivity index (χ2n) is 7.08. The predicted molar refractivity (Wildman–Crippen MR) is 86.7 cm³/mol. The van der Waals surface area contributed by atoms with Crippen LogP contribution in [0.15, 0.2) is 18.2 Å². The lowest BCUT2D eigenvalue weighted by Crippen LogP contribution is -2.27. The Bertz CT molecular complexity index is 540. The fourth-order valence-corrected chi connectivity index (χ4v) is 2.69. The Morgan fingerprint density at radius 2 is 2.05 bits per heavy atom. The molecule has 1 aliphatic rings. The van der Waals surface area contributed by atoms with Crippen LogP contribution in [0.3, 0.4) is 0 Å². The standard InChI is InChI=1S/C17H25FN2O2/c1-11-5-6-12(9-11)19-15-10-13(7-8-14(15)18)20-16(21)22-17(2,3)4/h7-8,10-12,19H,5-6,9H2,1-4H3,(H,20,21). The van der Waals surface area contributed by atoms with Gasteiger partial charge in [-0.05, 0) is 64.2 Å². The Balaban J connectivity index is 2.01. The van der Waals surface area contributed by atoms with Gasteiger partial charge in [0.05, 0.1) is 5.69 Å². The molecule has 1 aromatic carbocycles. The number of benzene rings is 1. The highest BCUT2D eigenvalue weighted by atomic mass is 19.1. The van der Waals surface area contributed by atoms with Crippen molar-refractivity contribution in [3.8, 4) is 0 Å². The zero-order chi connectivity index (χ0) is 16.3. The summed E-state index contributed by atoms with van der Waals surface area (Å²) < 4.78 is 19.1. The van der Waals surface area contributed by atoms with Crippen LogP contribution in [0, 0.1) is 11.7 Å². The quantitative estimate of drug-likeness (QED) is 0.845. The van der Waals surface area contributed by atoms with Gasteiger partial charge in [-0.3, -0.25) is 5.32 Å². The maximum absolute atomic E-state index is 13.9. The van der Waals surface area contributed by atoms with Gasteiger partial charge >= 0.3 is 6.09 Å². The van der Waals surface area contributed by atoms with Crippen molar-refractivity contribution >= 4 is 17.5 Å². The molecule has 122 valence electrons. The van der Waals surface area contributed by atoms with Gasteiger partial charge in [-0.1, -0.05) is 6.92 Å². The highest BCUT2D eigenvalue weighted by Crippen LogP contribution is 2.29. The largest absolute Gasteiger partial charge is 0.444 e. The fraction of sp³-hybridized carbons (Fsp3) is 0.588. The number of hydrogen-bond acceptors (Lipinski definition) is 3. The Morgan fingerprint density at radius 3 is 2.64 bits per heavy atom. The van der Waals surface area contributed by atoms with Crippen molar-refractivity contribution in [1.82, 2.24) is 0 Å². The van der Waals surface area contributed by atoms with Crippen LogP contribution in [0.25, 0.3) is 0 Å². The molecule has 0 radical (unpaired) electrons. The van der Waals surface area contributed by atoms with Gasteiger partial charge in [0.25, 0.3) is 0 Å². The molecule has 1 saturated carbocycles. The fourth-order valence-electron chi connectivity index (χ4n) is 2.69. The molecule has 0 aliphatic heterocycles. The molecule has 0 saturated heterocycles. The van der Waals surface area contributed by atoms with E-state index < -0.39 is 11.7 Å². The lowest BCUT2D eigenvalue weighted by Gasteiger charge is -2.20. The molecule has 2 atom stereocenters. The molecular formula is C17H25FN2O2. The first-order chi connectivity index (χ1) is 10.2. The molecule has 1 fully saturated rings. The van der Waals surface area contributed by atoms with E-state index in [2.05, 4.69) is 17.6 Å². The predicted octanol–water partition coefficient (Wildman–Crippen LogP) is 4.77. The van der Waals surface area contributed by atoms with E-state index in [9.17, 15) is 9.18 Å². The normalized spacial score (nSPS) is 21.5. The highest BCUT2D eigenvalue weighted by Gasteiger charge is 2.22. The molecule has 1 amide bonds. The Labute approximate surface area is 131 Å². The third-order valence-electron chi connectivity index (χ3n) is 3.67. The third kappa shape index (κ3) is 4.90. The molecule has 0 spiro atoms. The first kappa shape index (κ1) is 16.6. The summed E-state index contributed by atoms with van der Waals surface area (Å²) in [6, 6.07) is 4.79. The van der Waals surface area contributed by atoms with Gasteiger partial charge in [-0.25, -0.2) is 9.18 Å². The van der Waals surface area contributed by atoms with E-state index >= 15 is 0 Å². The smallest absolute Gasteiger partial charge is 0.412 e. The third-order valence-corrected chi connectivity index (χ3v) is 3.67. The van der Waals surface area contributed by atoms with Crippen LogP contribution in [0.4, 0.5) is 20.6 Å². The monoisotopic (exact) mass is 308 g/mol. The number of ether oxygens (including phenoxy) is 1. The summed E-state index contributed by atoms with van der Waals surface area (Å²) in [6.45, 7) is 7.60. The molecule has 0 aromatic heterocycles. The van der Waals surface area contributed by atoms with E-state index in [1.165, 1.54) is 12.1 Å². The highest BCUT2D eigenvalue weighted by molar-refractivity contribution is 5.85. The number of carbonyl (C=O) groups excluding carboxylic acids is 1. The van der Waals surface area contributed by atoms with Crippen molar-refractivity contribution in [2.75, 3.05) is 10.6 Å². The molecule has 22 heavy (non-hydrogen) atoms. The van der Waals surface area contributed by atoms with Crippen molar-refractivity contribution in [2.24, 2.45) is 5.92 Å². The molecule has 2 N–H and O–H groups in total. The maximum Gasteiger partial charge on any atom is 0.412 e. The van der Waals surface area contributed by atoms with Gasteiger partial charge in [0.15, 0.2) is 0 Å². The first-order valence-corrected chi connectivity index (χ1v) is 7.79. The average molecular weight is 308 g/mol. The van der Waals surface area contributed by atoms with Gasteiger partial charge in [-0.15, -0.1) is 0 Å². The van der Waals surface area contributed by atoms with Gasteiger partial charge in [-0.2, -0.15) is 0 Å². The summed E-state index contributed by atoms with van der Waals surface area (Å²) in [5.41, 5.74) is 0.377. The van der Waals surface area contributed by atoms with Crippen LogP contribution in [-0.2, 0) is 4.74 Å². The molecule has 0 heterocycles. The Kier molecular flexibility index (Phi) is 4.94. The van der Waals surface area contributed by atoms with E-state index in [1.807, 2.05) is 0 Å². The number of nitrogens with one attached hydrogen (secondary N) is 2. The molecule has 0 bridgehead atoms. The number of anilines is 2. The zero-order valence-corrected chi connectivity index (χ0v) is 13.7. The van der Waals surface area contributed by atoms with Crippen molar-refractivity contribution in [1.29, 1.82) is 0 Å². The second-order valence-corrected chi connectivity index (χ2v) is 7.08. The minimum atomic E-state index is -0.564. The van der Waals surface area contributed by atoms with Crippen LogP contribution < -0.4 is 10.6 Å². The maximum atomic E-state index is 13.9. The number of amides is 1. The number of hydrogen-bond donors (Lipinski definition) is 2. The van der Waals surface area contributed by atoms with E-state index in [0.717, 1.165) is 19.3 Å². The first-order valence-electron chi connectivity index (χ1n) is 7.79. The summed E-state index contributed by atoms with van der Waals surface area (Å²) in [5, 5.41) is 5.87. The number of rotatable bonds is 3. The summed E-state index contributed by atoms with van der Waals surface area (Å²) >= 11 is 0. The molecule has 1 aromatic rings. The van der Waals surface area contributed by atoms with Gasteiger partial charge in [0.2, 0.25) is 0 Å². The van der Waals surface area contributed by atoms with Crippen molar-refractivity contribution in [3.05, 3.63) is 24.0 Å². The van der Waals surface area contributed by atoms with Gasteiger partial charge < -0.3 is 10.1 Å². The summed E-state index contributed by atoms with van der Waals surface area (Å²) in [6.07, 6.45) is 2.71. The minimum Gasteiger partial charge on any atom is -0.444 e. The van der Waals surface area contributed by atoms with E-state index in [1.54, 1.807) is 26.8 Å². The van der Waals surface area contributed by atoms with E-state index in [0.29, 0.717) is 23.3 Å². The lowest BCUT2D eigenvalue weighted by atomic mass is 10.1. The zero-order valence-electron chi connectivity index (χ0n) is 13.7. The van der Waals surface area contributed by atoms with Gasteiger partial charge in [0.1, 0.15) is 11.4 Å². The number of halogens is 1. The lowest BCUT2D eigenvalue weighted by molar-refractivity contribution is 0.0636. The van der Waals surface area contributed by atoms with Crippen LogP contribution in [-0.4, -0.2) is 17.7 Å². The van der Waals surface area contributed by atoms with Crippen molar-refractivity contribution < 1.29 is 13.9 Å². The summed E-state index contributed by atoms with van der Waals surface area (Å²) in [5.74, 6) is 0.359. The Morgan fingerprint density at radius 1 is 1.32 bits per heavy atom. The van der Waals surface area contributed by atoms with Crippen LogP contribution >= 0.6 is 0 Å². The topological polar surface area (TPSA) is 50.4 Å². The minimum absolute atomic E-state index is 0.293. The molecular weight excluding hydrogens is 283 g/mol. The van der Waals surface area contributed by atoms with Crippen LogP contribution in [0.2, 0.25) is 0 Å². The van der Waals surface area contributed by atoms with E-state index in [-0.39, 0.29) is 5.82 Å². The van der Waals surface area contributed by atoms with Crippen LogP contribution in [0.1, 0.15) is 47.0 Å². The SMILES string of the molecule is CC1CCC(Nc2cc(NC(=O)OC(C)(C)C)ccc2F)C1. The Hall–Kier alpha value is -1.78. The van der Waals surface area contributed by atoms with Crippen molar-refractivity contribution in [2.45, 2.75) is 58.6 Å². The van der Waals surface area contributed by atoms with Crippen LogP contribution in [0.5, 0.6) is 0 Å². The molecule has 5 heteroatoms. The molecule has 2 unspecified atom stereocenters. The van der Waals surface area contributed by atoms with Crippen molar-refractivity contribution in [3.63, 3.8) is 0 Å². The number of carbonyl (C=O) groups is 1. The van der Waals surface area contributed by atoms with Gasteiger partial charge in [0, 0.05) is 11.7 Å². The average Bonchev–Trinajstić information content (AvgIpc) is 2.76. The summed E-state index contributed by atoms with van der Waals surface area (Å²) in [7, 11) is 0. The summed E-state index contributed by atoms with van der Waals surface area (Å²) in [4.78, 5) is 11.8. The molecule has 4 nitrogen and oxygen atoms in total. The molecule has 1 aliphatic carbocycles. The molecule has 2 rings (SSSR count). The second kappa shape index (κ2) is 6.55. The van der Waals surface area contributed by atoms with E-state index in [4.69, 9.17) is 4.74 Å².